The normalized spacial score (nSPS) is 15.5. The number of hydrogen-bond acceptors (Lipinski definition) is 5. The maximum atomic E-state index is 13.8. The number of fused-ring (bicyclic) bond motifs is 2. The van der Waals surface area contributed by atoms with Crippen molar-refractivity contribution >= 4 is 22.7 Å². The van der Waals surface area contributed by atoms with Crippen LogP contribution in [-0.2, 0) is 19.1 Å². The van der Waals surface area contributed by atoms with Gasteiger partial charge in [0.05, 0.1) is 34.4 Å². The van der Waals surface area contributed by atoms with Gasteiger partial charge in [-0.25, -0.2) is 18.9 Å². The van der Waals surface area contributed by atoms with Gasteiger partial charge in [0.15, 0.2) is 0 Å². The number of rotatable bonds is 4. The molecule has 1 aliphatic carbocycles. The molecule has 0 unspecified atom stereocenters. The Balaban J connectivity index is 1.38. The van der Waals surface area contributed by atoms with Gasteiger partial charge in [-0.2, -0.15) is 13.2 Å². The maximum Gasteiger partial charge on any atom is 0.416 e. The van der Waals surface area contributed by atoms with Crippen LogP contribution >= 0.6 is 0 Å². The lowest BCUT2D eigenvalue weighted by molar-refractivity contribution is -0.137. The summed E-state index contributed by atoms with van der Waals surface area (Å²) in [4.78, 5) is 27.7. The largest absolute Gasteiger partial charge is 0.425 e. The molecule has 0 bridgehead atoms. The van der Waals surface area contributed by atoms with E-state index in [2.05, 4.69) is 15.0 Å². The second kappa shape index (κ2) is 9.16. The fourth-order valence-corrected chi connectivity index (χ4v) is 4.66. The van der Waals surface area contributed by atoms with Crippen molar-refractivity contribution in [1.82, 2.24) is 19.5 Å². The SMILES string of the molecule is O=c1c2c(nc(Oc3ccc(F)cc3)n1C1=CC=CCC1)CCN(c1nc3ccc(C(F)(F)F)cc3[nH]1)C2. The fraction of sp³-hybridized carbons (Fsp3) is 0.222. The topological polar surface area (TPSA) is 76.0 Å². The molecule has 0 saturated carbocycles. The zero-order valence-electron chi connectivity index (χ0n) is 19.9. The molecule has 3 heterocycles. The molecule has 2 aromatic heterocycles. The minimum atomic E-state index is -4.46. The number of allylic oxidation sites excluding steroid dienone is 4. The molecular formula is C27H21F4N5O2. The van der Waals surface area contributed by atoms with Crippen molar-refractivity contribution in [1.29, 1.82) is 0 Å². The van der Waals surface area contributed by atoms with Gasteiger partial charge in [-0.15, -0.1) is 0 Å². The summed E-state index contributed by atoms with van der Waals surface area (Å²) < 4.78 is 60.2. The first-order valence-corrected chi connectivity index (χ1v) is 12.0. The number of benzene rings is 2. The summed E-state index contributed by atoms with van der Waals surface area (Å²) >= 11 is 0. The van der Waals surface area contributed by atoms with Crippen molar-refractivity contribution in [2.24, 2.45) is 0 Å². The zero-order chi connectivity index (χ0) is 26.4. The third kappa shape index (κ3) is 4.44. The van der Waals surface area contributed by atoms with E-state index in [-0.39, 0.29) is 23.6 Å². The van der Waals surface area contributed by atoms with Crippen molar-refractivity contribution in [2.45, 2.75) is 32.0 Å². The Bertz CT molecular complexity index is 1650. The standard InChI is InChI=1S/C27H21F4N5O2/c28-17-7-9-19(10-8-17)38-26-34-21-12-13-35(15-20(21)24(37)36(26)18-4-2-1-3-5-18)25-32-22-11-6-16(27(29,30)31)14-23(22)33-25/h1-2,4,6-11,14H,3,5,12-13,15H2,(H,32,33). The second-order valence-corrected chi connectivity index (χ2v) is 9.10. The van der Waals surface area contributed by atoms with Crippen LogP contribution in [0.1, 0.15) is 29.7 Å². The number of imidazole rings is 1. The Morgan fingerprint density at radius 1 is 1.03 bits per heavy atom. The predicted molar refractivity (Wildman–Crippen MR) is 133 cm³/mol. The highest BCUT2D eigenvalue weighted by Gasteiger charge is 2.31. The third-order valence-corrected chi connectivity index (χ3v) is 6.60. The van der Waals surface area contributed by atoms with Gasteiger partial charge in [0, 0.05) is 18.7 Å². The number of nitrogens with zero attached hydrogens (tertiary/aromatic N) is 4. The van der Waals surface area contributed by atoms with Gasteiger partial charge in [-0.05, 0) is 61.4 Å². The van der Waals surface area contributed by atoms with Crippen LogP contribution < -0.4 is 15.2 Å². The van der Waals surface area contributed by atoms with Gasteiger partial charge >= 0.3 is 12.2 Å². The minimum Gasteiger partial charge on any atom is -0.425 e. The molecule has 6 rings (SSSR count). The number of ether oxygens (including phenoxy) is 1. The van der Waals surface area contributed by atoms with Crippen LogP contribution in [0.25, 0.3) is 16.7 Å². The highest BCUT2D eigenvalue weighted by molar-refractivity contribution is 5.78. The monoisotopic (exact) mass is 523 g/mol. The minimum absolute atomic E-state index is 0.0961. The van der Waals surface area contributed by atoms with E-state index in [1.165, 1.54) is 34.9 Å². The lowest BCUT2D eigenvalue weighted by atomic mass is 10.1. The molecule has 2 aromatic carbocycles. The van der Waals surface area contributed by atoms with Gasteiger partial charge in [0.1, 0.15) is 11.6 Å². The Hall–Kier alpha value is -4.41. The number of aromatic nitrogens is 4. The van der Waals surface area contributed by atoms with Crippen LogP contribution in [0.5, 0.6) is 11.8 Å². The molecule has 4 aromatic rings. The van der Waals surface area contributed by atoms with Crippen LogP contribution in [0.3, 0.4) is 0 Å². The van der Waals surface area contributed by atoms with E-state index < -0.39 is 17.6 Å². The molecule has 0 atom stereocenters. The average Bonchev–Trinajstić information content (AvgIpc) is 3.34. The van der Waals surface area contributed by atoms with Gasteiger partial charge in [-0.3, -0.25) is 4.79 Å². The number of alkyl halides is 3. The maximum absolute atomic E-state index is 13.8. The van der Waals surface area contributed by atoms with E-state index in [9.17, 15) is 22.4 Å². The number of aromatic amines is 1. The van der Waals surface area contributed by atoms with Crippen molar-refractivity contribution in [3.63, 3.8) is 0 Å². The molecule has 7 nitrogen and oxygen atoms in total. The number of nitrogens with one attached hydrogen (secondary N) is 1. The van der Waals surface area contributed by atoms with Gasteiger partial charge < -0.3 is 14.6 Å². The molecule has 1 N–H and O–H groups in total. The Morgan fingerprint density at radius 3 is 2.58 bits per heavy atom. The smallest absolute Gasteiger partial charge is 0.416 e. The summed E-state index contributed by atoms with van der Waals surface area (Å²) in [6, 6.07) is 8.91. The van der Waals surface area contributed by atoms with Crippen LogP contribution in [-0.4, -0.2) is 26.1 Å². The fourth-order valence-electron chi connectivity index (χ4n) is 4.66. The van der Waals surface area contributed by atoms with E-state index in [1.54, 1.807) is 0 Å². The molecule has 0 radical (unpaired) electrons. The molecule has 11 heteroatoms. The predicted octanol–water partition coefficient (Wildman–Crippen LogP) is 5.82. The van der Waals surface area contributed by atoms with E-state index in [4.69, 9.17) is 4.74 Å². The van der Waals surface area contributed by atoms with Crippen molar-refractivity contribution in [3.8, 4) is 11.8 Å². The molecule has 194 valence electrons. The Morgan fingerprint density at radius 2 is 1.84 bits per heavy atom. The van der Waals surface area contributed by atoms with Crippen molar-refractivity contribution in [2.75, 3.05) is 11.4 Å². The third-order valence-electron chi connectivity index (χ3n) is 6.60. The number of anilines is 1. The highest BCUT2D eigenvalue weighted by Crippen LogP contribution is 2.32. The summed E-state index contributed by atoms with van der Waals surface area (Å²) in [7, 11) is 0. The zero-order valence-corrected chi connectivity index (χ0v) is 19.9. The quantitative estimate of drug-likeness (QED) is 0.341. The Kier molecular flexibility index (Phi) is 5.77. The van der Waals surface area contributed by atoms with Crippen molar-refractivity contribution < 1.29 is 22.3 Å². The van der Waals surface area contributed by atoms with E-state index in [1.807, 2.05) is 23.1 Å². The Labute approximate surface area is 213 Å². The first-order chi connectivity index (χ1) is 18.3. The second-order valence-electron chi connectivity index (χ2n) is 9.10. The summed E-state index contributed by atoms with van der Waals surface area (Å²) in [5.41, 5.74) is 1.34. The number of hydrogen-bond donors (Lipinski definition) is 1. The first-order valence-electron chi connectivity index (χ1n) is 12.0. The molecule has 0 spiro atoms. The number of H-pyrrole nitrogens is 1. The molecule has 38 heavy (non-hydrogen) atoms. The van der Waals surface area contributed by atoms with Crippen molar-refractivity contribution in [3.05, 3.63) is 93.7 Å². The molecule has 0 amide bonds. The van der Waals surface area contributed by atoms with Crippen LogP contribution in [0.15, 0.2) is 65.5 Å². The lowest BCUT2D eigenvalue weighted by Crippen LogP contribution is -2.38. The molecule has 0 saturated heterocycles. The molecular weight excluding hydrogens is 502 g/mol. The number of halogens is 4. The van der Waals surface area contributed by atoms with E-state index in [0.717, 1.165) is 18.6 Å². The van der Waals surface area contributed by atoms with Gasteiger partial charge in [0.25, 0.3) is 5.56 Å². The molecule has 2 aliphatic rings. The van der Waals surface area contributed by atoms with E-state index in [0.29, 0.717) is 53.6 Å². The highest BCUT2D eigenvalue weighted by atomic mass is 19.4. The summed E-state index contributed by atoms with van der Waals surface area (Å²) in [6.07, 6.45) is 2.97. The van der Waals surface area contributed by atoms with Crippen LogP contribution in [0, 0.1) is 5.82 Å². The first kappa shape index (κ1) is 24.0. The van der Waals surface area contributed by atoms with Crippen LogP contribution in [0.4, 0.5) is 23.5 Å². The lowest BCUT2D eigenvalue weighted by Gasteiger charge is -2.29. The molecule has 0 fully saturated rings. The average molecular weight is 523 g/mol. The molecule has 1 aliphatic heterocycles. The summed E-state index contributed by atoms with van der Waals surface area (Å²) in [6.45, 7) is 0.615. The summed E-state index contributed by atoms with van der Waals surface area (Å²) in [5, 5.41) is 0. The van der Waals surface area contributed by atoms with Crippen LogP contribution in [0.2, 0.25) is 0 Å². The van der Waals surface area contributed by atoms with E-state index >= 15 is 0 Å². The van der Waals surface area contributed by atoms with Gasteiger partial charge in [0.2, 0.25) is 5.95 Å². The van der Waals surface area contributed by atoms with Gasteiger partial charge in [-0.1, -0.05) is 12.2 Å². The summed E-state index contributed by atoms with van der Waals surface area (Å²) in [5.74, 6) is 0.313.